The molecule has 0 bridgehead atoms. The summed E-state index contributed by atoms with van der Waals surface area (Å²) in [5.41, 5.74) is 1.39. The fourth-order valence-electron chi connectivity index (χ4n) is 5.02. The molecule has 47 heavy (non-hydrogen) atoms. The summed E-state index contributed by atoms with van der Waals surface area (Å²) >= 11 is 0. The molecule has 0 N–H and O–H groups in total. The van der Waals surface area contributed by atoms with Gasteiger partial charge in [-0.1, -0.05) is 109 Å². The van der Waals surface area contributed by atoms with Crippen LogP contribution in [0.15, 0.2) is 24.3 Å². The van der Waals surface area contributed by atoms with E-state index in [4.69, 9.17) is 37.9 Å². The molecule has 8 heteroatoms. The quantitative estimate of drug-likeness (QED) is 0.0646. The number of aryl methyl sites for hydroxylation is 1. The van der Waals surface area contributed by atoms with E-state index in [0.717, 1.165) is 25.2 Å². The van der Waals surface area contributed by atoms with Crippen molar-refractivity contribution in [1.82, 2.24) is 0 Å². The van der Waals surface area contributed by atoms with Crippen molar-refractivity contribution in [3.8, 4) is 5.75 Å². The van der Waals surface area contributed by atoms with Crippen LogP contribution in [0.3, 0.4) is 0 Å². The molecule has 0 aliphatic heterocycles. The van der Waals surface area contributed by atoms with Gasteiger partial charge in [0.1, 0.15) is 12.4 Å². The van der Waals surface area contributed by atoms with Gasteiger partial charge in [-0.3, -0.25) is 0 Å². The summed E-state index contributed by atoms with van der Waals surface area (Å²) in [5.74, 6) is 0.896. The lowest BCUT2D eigenvalue weighted by Gasteiger charge is -2.09. The van der Waals surface area contributed by atoms with Gasteiger partial charge < -0.3 is 37.9 Å². The minimum absolute atomic E-state index is 0.536. The summed E-state index contributed by atoms with van der Waals surface area (Å²) in [7, 11) is 0. The van der Waals surface area contributed by atoms with E-state index in [1.54, 1.807) is 0 Å². The first kappa shape index (κ1) is 43.8. The van der Waals surface area contributed by atoms with E-state index in [1.807, 2.05) is 0 Å². The fourth-order valence-corrected chi connectivity index (χ4v) is 5.02. The number of hydrogen-bond acceptors (Lipinski definition) is 8. The molecule has 0 heterocycles. The molecule has 0 atom stereocenters. The maximum absolute atomic E-state index is 5.79. The molecule has 0 unspecified atom stereocenters. The second-order valence-corrected chi connectivity index (χ2v) is 12.1. The Hall–Kier alpha value is -1.26. The van der Waals surface area contributed by atoms with Crippen LogP contribution < -0.4 is 4.74 Å². The van der Waals surface area contributed by atoms with Crippen LogP contribution in [0.1, 0.15) is 116 Å². The van der Waals surface area contributed by atoms with Crippen molar-refractivity contribution in [2.45, 2.75) is 117 Å². The SMILES string of the molecule is CCCCCCCCCCOCCOCCOCCOCCOCCOCCOCCOc1ccc(CCCCCCCCC)cc1. The predicted molar refractivity (Wildman–Crippen MR) is 192 cm³/mol. The van der Waals surface area contributed by atoms with Crippen molar-refractivity contribution in [1.29, 1.82) is 0 Å². The topological polar surface area (TPSA) is 73.8 Å². The summed E-state index contributed by atoms with van der Waals surface area (Å²) in [6.45, 7) is 13.2. The Morgan fingerprint density at radius 3 is 1.04 bits per heavy atom. The van der Waals surface area contributed by atoms with Gasteiger partial charge in [-0.2, -0.15) is 0 Å². The van der Waals surface area contributed by atoms with Gasteiger partial charge in [0.2, 0.25) is 0 Å². The smallest absolute Gasteiger partial charge is 0.119 e. The Labute approximate surface area is 288 Å². The first-order valence-corrected chi connectivity index (χ1v) is 19.1. The van der Waals surface area contributed by atoms with Crippen molar-refractivity contribution in [3.63, 3.8) is 0 Å². The van der Waals surface area contributed by atoms with Crippen molar-refractivity contribution in [3.05, 3.63) is 29.8 Å². The second kappa shape index (κ2) is 37.6. The van der Waals surface area contributed by atoms with Crippen LogP contribution in [0.2, 0.25) is 0 Å². The van der Waals surface area contributed by atoms with Gasteiger partial charge in [-0.15, -0.1) is 0 Å². The van der Waals surface area contributed by atoms with Crippen LogP contribution in [0, 0.1) is 0 Å². The first-order valence-electron chi connectivity index (χ1n) is 19.1. The Bertz CT molecular complexity index is 717. The molecule has 0 spiro atoms. The molecular formula is C39H72O8. The Morgan fingerprint density at radius 1 is 0.319 bits per heavy atom. The van der Waals surface area contributed by atoms with Crippen molar-refractivity contribution >= 4 is 0 Å². The van der Waals surface area contributed by atoms with E-state index < -0.39 is 0 Å². The highest BCUT2D eigenvalue weighted by Gasteiger charge is 1.99. The third-order valence-electron chi connectivity index (χ3n) is 7.86. The molecule has 0 saturated heterocycles. The zero-order valence-corrected chi connectivity index (χ0v) is 30.5. The number of benzene rings is 1. The largest absolute Gasteiger partial charge is 0.491 e. The van der Waals surface area contributed by atoms with Gasteiger partial charge in [0.25, 0.3) is 0 Å². The van der Waals surface area contributed by atoms with Gasteiger partial charge >= 0.3 is 0 Å². The maximum atomic E-state index is 5.79. The Balaban J connectivity index is 1.71. The van der Waals surface area contributed by atoms with Crippen LogP contribution in [0.5, 0.6) is 5.75 Å². The summed E-state index contributed by atoms with van der Waals surface area (Å²) in [6.07, 6.45) is 21.1. The van der Waals surface area contributed by atoms with Crippen LogP contribution in [-0.4, -0.2) is 99.1 Å². The normalized spacial score (nSPS) is 11.4. The van der Waals surface area contributed by atoms with Gasteiger partial charge in [0, 0.05) is 6.61 Å². The lowest BCUT2D eigenvalue weighted by molar-refractivity contribution is -0.0213. The highest BCUT2D eigenvalue weighted by atomic mass is 16.6. The van der Waals surface area contributed by atoms with E-state index in [1.165, 1.54) is 95.5 Å². The highest BCUT2D eigenvalue weighted by Crippen LogP contribution is 2.15. The predicted octanol–water partition coefficient (Wildman–Crippen LogP) is 8.62. The van der Waals surface area contributed by atoms with E-state index in [2.05, 4.69) is 38.1 Å². The van der Waals surface area contributed by atoms with Gasteiger partial charge in [0.15, 0.2) is 0 Å². The summed E-state index contributed by atoms with van der Waals surface area (Å²) in [4.78, 5) is 0. The lowest BCUT2D eigenvalue weighted by Crippen LogP contribution is -2.15. The van der Waals surface area contributed by atoms with E-state index in [-0.39, 0.29) is 0 Å². The minimum Gasteiger partial charge on any atom is -0.491 e. The molecule has 0 aliphatic carbocycles. The highest BCUT2D eigenvalue weighted by molar-refractivity contribution is 5.27. The molecule has 1 aromatic carbocycles. The lowest BCUT2D eigenvalue weighted by atomic mass is 10.0. The number of ether oxygens (including phenoxy) is 8. The van der Waals surface area contributed by atoms with E-state index in [0.29, 0.717) is 92.5 Å². The molecule has 1 rings (SSSR count). The zero-order valence-electron chi connectivity index (χ0n) is 30.5. The molecule has 0 aliphatic rings. The average molecular weight is 669 g/mol. The molecule has 276 valence electrons. The Morgan fingerprint density at radius 2 is 0.638 bits per heavy atom. The monoisotopic (exact) mass is 669 g/mol. The van der Waals surface area contributed by atoms with Crippen LogP contribution >= 0.6 is 0 Å². The fraction of sp³-hybridized carbons (Fsp3) is 0.846. The third kappa shape index (κ3) is 33.0. The van der Waals surface area contributed by atoms with Gasteiger partial charge in [-0.05, 0) is 37.0 Å². The van der Waals surface area contributed by atoms with Crippen LogP contribution in [-0.2, 0) is 39.6 Å². The van der Waals surface area contributed by atoms with E-state index in [9.17, 15) is 0 Å². The Kier molecular flexibility index (Phi) is 35.0. The summed E-state index contributed by atoms with van der Waals surface area (Å²) in [6, 6.07) is 8.48. The second-order valence-electron chi connectivity index (χ2n) is 12.1. The van der Waals surface area contributed by atoms with Gasteiger partial charge in [-0.25, -0.2) is 0 Å². The summed E-state index contributed by atoms with van der Waals surface area (Å²) in [5, 5.41) is 0. The number of unbranched alkanes of at least 4 members (excludes halogenated alkanes) is 13. The molecule has 0 fully saturated rings. The van der Waals surface area contributed by atoms with Crippen molar-refractivity contribution in [2.24, 2.45) is 0 Å². The molecular weight excluding hydrogens is 596 g/mol. The molecule has 0 radical (unpaired) electrons. The molecule has 8 nitrogen and oxygen atoms in total. The maximum Gasteiger partial charge on any atom is 0.119 e. The molecule has 1 aromatic rings. The minimum atomic E-state index is 0.536. The molecule has 0 aromatic heterocycles. The van der Waals surface area contributed by atoms with Crippen LogP contribution in [0.25, 0.3) is 0 Å². The number of rotatable bonds is 39. The van der Waals surface area contributed by atoms with Gasteiger partial charge in [0.05, 0.1) is 85.9 Å². The molecule has 0 saturated carbocycles. The van der Waals surface area contributed by atoms with Crippen LogP contribution in [0.4, 0.5) is 0 Å². The molecule has 0 amide bonds. The zero-order chi connectivity index (χ0) is 33.6. The standard InChI is InChI=1S/C39H72O8/c1-3-5-7-9-11-13-15-17-23-40-24-25-41-26-27-42-28-29-43-30-31-44-32-33-45-34-35-46-36-37-47-39-21-19-38(20-22-39)18-16-14-12-10-8-6-4-2/h19-22H,3-18,23-37H2,1-2H3. The van der Waals surface area contributed by atoms with Crippen molar-refractivity contribution in [2.75, 3.05) is 99.1 Å². The van der Waals surface area contributed by atoms with E-state index >= 15 is 0 Å². The summed E-state index contributed by atoms with van der Waals surface area (Å²) < 4.78 is 44.7. The number of hydrogen-bond donors (Lipinski definition) is 0. The average Bonchev–Trinajstić information content (AvgIpc) is 3.09. The first-order chi connectivity index (χ1) is 23.4. The van der Waals surface area contributed by atoms with Crippen molar-refractivity contribution < 1.29 is 37.9 Å². The third-order valence-corrected chi connectivity index (χ3v) is 7.86.